The van der Waals surface area contributed by atoms with Gasteiger partial charge in [-0.2, -0.15) is 0 Å². The maximum absolute atomic E-state index is 13.5. The molecule has 2 aliphatic rings. The normalized spacial score (nSPS) is 22.4. The smallest absolute Gasteiger partial charge is 0.431 e. The van der Waals surface area contributed by atoms with Crippen LogP contribution in [0.3, 0.4) is 0 Å². The number of nitrogens with zero attached hydrogens (tertiary/aromatic N) is 6. The Morgan fingerprint density at radius 1 is 1.14 bits per heavy atom. The quantitative estimate of drug-likeness (QED) is 0.169. The Morgan fingerprint density at radius 3 is 2.62 bits per heavy atom. The van der Waals surface area contributed by atoms with Gasteiger partial charge in [0.2, 0.25) is 0 Å². The van der Waals surface area contributed by atoms with Gasteiger partial charge in [-0.05, 0) is 56.0 Å². The van der Waals surface area contributed by atoms with Crippen molar-refractivity contribution >= 4 is 33.0 Å². The molecule has 4 aromatic rings. The van der Waals surface area contributed by atoms with Crippen LogP contribution in [0, 0.1) is 23.0 Å². The minimum atomic E-state index is -3.89. The van der Waals surface area contributed by atoms with Crippen LogP contribution < -0.4 is 0 Å². The summed E-state index contributed by atoms with van der Waals surface area (Å²) in [5, 5.41) is 19.6. The number of hydrogen-bond donors (Lipinski definition) is 0. The first-order chi connectivity index (χ1) is 20.2. The van der Waals surface area contributed by atoms with E-state index in [-0.39, 0.29) is 34.5 Å². The van der Waals surface area contributed by atoms with Crippen molar-refractivity contribution in [3.63, 3.8) is 0 Å². The molecule has 13 nitrogen and oxygen atoms in total. The maximum Gasteiger partial charge on any atom is 0.509 e. The molecule has 0 amide bonds. The highest BCUT2D eigenvalue weighted by molar-refractivity contribution is 7.90. The number of aryl methyl sites for hydroxylation is 1. The average Bonchev–Trinajstić information content (AvgIpc) is 3.69. The minimum Gasteiger partial charge on any atom is -0.431 e. The van der Waals surface area contributed by atoms with E-state index in [1.165, 1.54) is 30.6 Å². The van der Waals surface area contributed by atoms with Gasteiger partial charge in [-0.25, -0.2) is 22.2 Å². The molecule has 0 saturated heterocycles. The van der Waals surface area contributed by atoms with E-state index in [0.717, 1.165) is 16.0 Å². The van der Waals surface area contributed by atoms with Crippen molar-refractivity contribution in [3.05, 3.63) is 88.2 Å². The number of fused-ring (bicyclic) bond motifs is 3. The molecule has 0 N–H and O–H groups in total. The molecule has 0 spiro atoms. The van der Waals surface area contributed by atoms with E-state index in [4.69, 9.17) is 9.47 Å². The lowest BCUT2D eigenvalue weighted by Gasteiger charge is -2.17. The number of aromatic nitrogens is 5. The highest BCUT2D eigenvalue weighted by atomic mass is 32.2. The average molecular weight is 593 g/mol. The predicted octanol–water partition coefficient (Wildman–Crippen LogP) is 4.54. The van der Waals surface area contributed by atoms with Gasteiger partial charge in [0.05, 0.1) is 21.5 Å². The van der Waals surface area contributed by atoms with E-state index in [1.807, 2.05) is 11.3 Å². The van der Waals surface area contributed by atoms with Crippen molar-refractivity contribution in [2.24, 2.45) is 5.92 Å². The molecule has 3 heterocycles. The van der Waals surface area contributed by atoms with E-state index in [1.54, 1.807) is 30.3 Å². The summed E-state index contributed by atoms with van der Waals surface area (Å²) in [4.78, 5) is 27.5. The van der Waals surface area contributed by atoms with E-state index < -0.39 is 33.3 Å². The third kappa shape index (κ3) is 4.91. The van der Waals surface area contributed by atoms with E-state index >= 15 is 0 Å². The molecule has 4 atom stereocenters. The molecule has 4 unspecified atom stereocenters. The SMILES string of the molecule is CCC1CC(OC(=O)OC2C=CC([N+](=O)[O-])=CC2)CC1c1nnc2cnc3c(ccn3S(=O)(=O)c3ccc(C)cc3)n12. The third-order valence-corrected chi connectivity index (χ3v) is 9.59. The van der Waals surface area contributed by atoms with Crippen LogP contribution in [-0.2, 0) is 19.5 Å². The van der Waals surface area contributed by atoms with Crippen molar-refractivity contribution < 1.29 is 27.6 Å². The molecule has 14 heteroatoms. The zero-order valence-corrected chi connectivity index (χ0v) is 23.7. The molecule has 3 aromatic heterocycles. The number of hydrogen-bond acceptors (Lipinski definition) is 10. The highest BCUT2D eigenvalue weighted by Crippen LogP contribution is 2.43. The van der Waals surface area contributed by atoms with Crippen LogP contribution in [0.5, 0.6) is 0 Å². The second-order valence-electron chi connectivity index (χ2n) is 10.5. The van der Waals surface area contributed by atoms with Crippen molar-refractivity contribution in [1.82, 2.24) is 23.6 Å². The first-order valence-corrected chi connectivity index (χ1v) is 15.0. The van der Waals surface area contributed by atoms with Crippen LogP contribution in [0.4, 0.5) is 4.79 Å². The summed E-state index contributed by atoms with van der Waals surface area (Å²) in [6, 6.07) is 8.32. The second kappa shape index (κ2) is 10.7. The summed E-state index contributed by atoms with van der Waals surface area (Å²) in [5.41, 5.74) is 2.19. The number of allylic oxidation sites excluding steroid dienone is 1. The number of ether oxygens (including phenoxy) is 2. The van der Waals surface area contributed by atoms with Crippen LogP contribution in [0.1, 0.15) is 49.9 Å². The number of carbonyl (C=O) groups is 1. The molecule has 1 fully saturated rings. The van der Waals surface area contributed by atoms with Gasteiger partial charge in [0.1, 0.15) is 18.0 Å². The lowest BCUT2D eigenvalue weighted by Crippen LogP contribution is -2.22. The topological polar surface area (TPSA) is 161 Å². The maximum atomic E-state index is 13.5. The summed E-state index contributed by atoms with van der Waals surface area (Å²) in [5.74, 6) is 0.643. The predicted molar refractivity (Wildman–Crippen MR) is 150 cm³/mol. The largest absolute Gasteiger partial charge is 0.509 e. The van der Waals surface area contributed by atoms with E-state index in [0.29, 0.717) is 29.8 Å². The third-order valence-electron chi connectivity index (χ3n) is 7.91. The Morgan fingerprint density at radius 2 is 1.93 bits per heavy atom. The van der Waals surface area contributed by atoms with Crippen LogP contribution in [0.2, 0.25) is 0 Å². The van der Waals surface area contributed by atoms with Gasteiger partial charge in [0.25, 0.3) is 15.7 Å². The van der Waals surface area contributed by atoms with Crippen LogP contribution in [-0.4, -0.2) is 55.3 Å². The molecule has 218 valence electrons. The molecule has 1 aromatic carbocycles. The molecule has 0 aliphatic heterocycles. The number of nitro groups is 1. The molecular weight excluding hydrogens is 564 g/mol. The number of benzene rings is 1. The standard InChI is InChI=1S/C28H28N6O7S/c1-3-18-14-21(41-28(35)40-20-8-6-19(7-9-20)34(36)37)15-23(18)26-31-30-25-16-29-27-24(33(25)26)12-13-32(27)42(38,39)22-10-4-17(2)5-11-22/h4-8,10-13,16,18,20-21,23H,3,9,14-15H2,1-2H3. The van der Waals surface area contributed by atoms with Crippen molar-refractivity contribution in [1.29, 1.82) is 0 Å². The van der Waals surface area contributed by atoms with Gasteiger partial charge >= 0.3 is 6.16 Å². The Kier molecular flexibility index (Phi) is 7.01. The summed E-state index contributed by atoms with van der Waals surface area (Å²) in [7, 11) is -3.89. The van der Waals surface area contributed by atoms with Gasteiger partial charge in [-0.3, -0.25) is 14.5 Å². The fraction of sp³-hybridized carbons (Fsp3) is 0.357. The monoisotopic (exact) mass is 592 g/mol. The lowest BCUT2D eigenvalue weighted by atomic mass is 9.93. The Labute approximate surface area is 240 Å². The van der Waals surface area contributed by atoms with Crippen molar-refractivity contribution in [3.8, 4) is 0 Å². The lowest BCUT2D eigenvalue weighted by molar-refractivity contribution is -0.419. The van der Waals surface area contributed by atoms with Gasteiger partial charge in [0.15, 0.2) is 11.3 Å². The van der Waals surface area contributed by atoms with Gasteiger partial charge in [0, 0.05) is 24.6 Å². The van der Waals surface area contributed by atoms with Crippen molar-refractivity contribution in [2.75, 3.05) is 0 Å². The number of carbonyl (C=O) groups excluding carboxylic acids is 1. The molecule has 2 aliphatic carbocycles. The van der Waals surface area contributed by atoms with Crippen LogP contribution >= 0.6 is 0 Å². The molecule has 42 heavy (non-hydrogen) atoms. The Balaban J connectivity index is 1.24. The summed E-state index contributed by atoms with van der Waals surface area (Å²) < 4.78 is 40.9. The Hall–Kier alpha value is -4.59. The molecular formula is C28H28N6O7S. The molecule has 6 rings (SSSR count). The van der Waals surface area contributed by atoms with Crippen molar-refractivity contribution in [2.45, 2.75) is 62.6 Å². The summed E-state index contributed by atoms with van der Waals surface area (Å²) >= 11 is 0. The summed E-state index contributed by atoms with van der Waals surface area (Å²) in [6.45, 7) is 3.94. The fourth-order valence-corrected chi connectivity index (χ4v) is 7.04. The zero-order valence-electron chi connectivity index (χ0n) is 22.9. The van der Waals surface area contributed by atoms with Gasteiger partial charge in [-0.1, -0.05) is 31.0 Å². The molecule has 1 saturated carbocycles. The summed E-state index contributed by atoms with van der Waals surface area (Å²) in [6.07, 6.45) is 7.33. The first-order valence-electron chi connectivity index (χ1n) is 13.6. The van der Waals surface area contributed by atoms with E-state index in [2.05, 4.69) is 22.1 Å². The fourth-order valence-electron chi connectivity index (χ4n) is 5.75. The molecule has 0 radical (unpaired) electrons. The second-order valence-corrected chi connectivity index (χ2v) is 12.3. The number of rotatable bonds is 7. The van der Waals surface area contributed by atoms with Crippen LogP contribution in [0.25, 0.3) is 16.8 Å². The van der Waals surface area contributed by atoms with Gasteiger partial charge < -0.3 is 9.47 Å². The zero-order chi connectivity index (χ0) is 29.6. The minimum absolute atomic E-state index is 0.0411. The first kappa shape index (κ1) is 27.6. The Bertz CT molecular complexity index is 1860. The highest BCUT2D eigenvalue weighted by Gasteiger charge is 2.40. The van der Waals surface area contributed by atoms with E-state index in [9.17, 15) is 23.3 Å². The van der Waals surface area contributed by atoms with Crippen LogP contribution in [0.15, 0.2) is 71.5 Å². The van der Waals surface area contributed by atoms with Gasteiger partial charge in [-0.15, -0.1) is 10.2 Å². The molecule has 0 bridgehead atoms.